The maximum absolute atomic E-state index is 5.62. The summed E-state index contributed by atoms with van der Waals surface area (Å²) in [6.07, 6.45) is 10.1. The summed E-state index contributed by atoms with van der Waals surface area (Å²) >= 11 is 0. The molecular formula is C23H24N4O2. The Balaban J connectivity index is 1.50. The standard InChI is InChI=1S/C23H24N4O2/c1-15-8-19-18(14-27-23(19)26-11-15)9-17-10-21(28-2)20(24-13-17)6-4-16-5-7-22(29-3)25-12-16/h5,7-8,10-14H,4,6,9H2,1-3H3,(H,26,27). The first-order valence-corrected chi connectivity index (χ1v) is 9.59. The highest BCUT2D eigenvalue weighted by Crippen LogP contribution is 2.24. The number of aromatic nitrogens is 4. The molecule has 0 aliphatic rings. The van der Waals surface area contributed by atoms with E-state index in [0.717, 1.165) is 58.4 Å². The predicted octanol–water partition coefficient (Wildman–Crippen LogP) is 4.05. The van der Waals surface area contributed by atoms with E-state index >= 15 is 0 Å². The van der Waals surface area contributed by atoms with Gasteiger partial charge in [-0.1, -0.05) is 6.07 Å². The highest BCUT2D eigenvalue weighted by atomic mass is 16.5. The molecule has 6 nitrogen and oxygen atoms in total. The molecule has 4 aromatic rings. The fourth-order valence-corrected chi connectivity index (χ4v) is 3.45. The molecule has 0 spiro atoms. The Morgan fingerprint density at radius 2 is 1.76 bits per heavy atom. The second-order valence-corrected chi connectivity index (χ2v) is 7.10. The highest BCUT2D eigenvalue weighted by molar-refractivity contribution is 5.80. The van der Waals surface area contributed by atoms with Crippen molar-refractivity contribution in [3.05, 3.63) is 77.0 Å². The van der Waals surface area contributed by atoms with Gasteiger partial charge in [0, 0.05) is 42.7 Å². The van der Waals surface area contributed by atoms with E-state index in [1.807, 2.05) is 36.9 Å². The lowest BCUT2D eigenvalue weighted by molar-refractivity contribution is 0.397. The fourth-order valence-electron chi connectivity index (χ4n) is 3.45. The summed E-state index contributed by atoms with van der Waals surface area (Å²) in [6, 6.07) is 8.15. The molecule has 0 unspecified atom stereocenters. The van der Waals surface area contributed by atoms with Crippen molar-refractivity contribution >= 4 is 11.0 Å². The number of pyridine rings is 3. The minimum atomic E-state index is 0.622. The molecule has 148 valence electrons. The molecule has 0 amide bonds. The summed E-state index contributed by atoms with van der Waals surface area (Å²) in [5, 5.41) is 1.15. The lowest BCUT2D eigenvalue weighted by Gasteiger charge is -2.10. The molecule has 0 atom stereocenters. The molecule has 4 rings (SSSR count). The molecule has 0 saturated heterocycles. The van der Waals surface area contributed by atoms with Gasteiger partial charge >= 0.3 is 0 Å². The molecule has 29 heavy (non-hydrogen) atoms. The molecule has 1 N–H and O–H groups in total. The van der Waals surface area contributed by atoms with Crippen LogP contribution in [0.3, 0.4) is 0 Å². The average molecular weight is 388 g/mol. The van der Waals surface area contributed by atoms with Crippen molar-refractivity contribution in [1.29, 1.82) is 0 Å². The van der Waals surface area contributed by atoms with E-state index in [0.29, 0.717) is 5.88 Å². The molecule has 0 fully saturated rings. The third-order valence-electron chi connectivity index (χ3n) is 5.01. The van der Waals surface area contributed by atoms with Crippen LogP contribution < -0.4 is 9.47 Å². The van der Waals surface area contributed by atoms with E-state index in [2.05, 4.69) is 39.0 Å². The van der Waals surface area contributed by atoms with Crippen LogP contribution in [0.15, 0.2) is 49.1 Å². The average Bonchev–Trinajstić information content (AvgIpc) is 3.14. The van der Waals surface area contributed by atoms with E-state index in [-0.39, 0.29) is 0 Å². The second kappa shape index (κ2) is 8.31. The second-order valence-electron chi connectivity index (χ2n) is 7.10. The number of nitrogens with one attached hydrogen (secondary N) is 1. The lowest BCUT2D eigenvalue weighted by Crippen LogP contribution is -2.01. The van der Waals surface area contributed by atoms with Gasteiger partial charge in [-0.2, -0.15) is 0 Å². The molecule has 0 aromatic carbocycles. The van der Waals surface area contributed by atoms with Crippen LogP contribution in [0.4, 0.5) is 0 Å². The molecule has 0 aliphatic carbocycles. The Morgan fingerprint density at radius 3 is 2.52 bits per heavy atom. The normalized spacial score (nSPS) is 11.0. The zero-order valence-corrected chi connectivity index (χ0v) is 16.9. The Morgan fingerprint density at radius 1 is 0.897 bits per heavy atom. The smallest absolute Gasteiger partial charge is 0.212 e. The van der Waals surface area contributed by atoms with Gasteiger partial charge in [-0.15, -0.1) is 0 Å². The van der Waals surface area contributed by atoms with Crippen LogP contribution in [0.25, 0.3) is 11.0 Å². The van der Waals surface area contributed by atoms with Crippen molar-refractivity contribution in [2.45, 2.75) is 26.2 Å². The number of H-pyrrole nitrogens is 1. The maximum Gasteiger partial charge on any atom is 0.212 e. The number of ether oxygens (including phenoxy) is 2. The summed E-state index contributed by atoms with van der Waals surface area (Å²) in [5.41, 5.74) is 6.47. The maximum atomic E-state index is 5.62. The van der Waals surface area contributed by atoms with Crippen LogP contribution in [0.1, 0.15) is 27.9 Å². The van der Waals surface area contributed by atoms with Gasteiger partial charge in [0.1, 0.15) is 11.4 Å². The van der Waals surface area contributed by atoms with Crippen LogP contribution >= 0.6 is 0 Å². The topological polar surface area (TPSA) is 72.9 Å². The first-order chi connectivity index (χ1) is 14.2. The third kappa shape index (κ3) is 4.21. The molecular weight excluding hydrogens is 364 g/mol. The summed E-state index contributed by atoms with van der Waals surface area (Å²) < 4.78 is 10.7. The minimum absolute atomic E-state index is 0.622. The van der Waals surface area contributed by atoms with E-state index < -0.39 is 0 Å². The number of hydrogen-bond acceptors (Lipinski definition) is 5. The molecule has 6 heteroatoms. The van der Waals surface area contributed by atoms with Crippen LogP contribution in [0.5, 0.6) is 11.6 Å². The summed E-state index contributed by atoms with van der Waals surface area (Å²) in [7, 11) is 3.31. The van der Waals surface area contributed by atoms with Crippen molar-refractivity contribution < 1.29 is 9.47 Å². The Kier molecular flexibility index (Phi) is 5.42. The lowest BCUT2D eigenvalue weighted by atomic mass is 10.0. The zero-order valence-electron chi connectivity index (χ0n) is 16.9. The molecule has 0 aliphatic heterocycles. The summed E-state index contributed by atoms with van der Waals surface area (Å²) in [5.74, 6) is 1.44. The van der Waals surface area contributed by atoms with Crippen molar-refractivity contribution in [2.24, 2.45) is 0 Å². The van der Waals surface area contributed by atoms with Gasteiger partial charge in [0.25, 0.3) is 0 Å². The third-order valence-corrected chi connectivity index (χ3v) is 5.01. The quantitative estimate of drug-likeness (QED) is 0.517. The predicted molar refractivity (Wildman–Crippen MR) is 113 cm³/mol. The van der Waals surface area contributed by atoms with Gasteiger partial charge in [-0.3, -0.25) is 4.98 Å². The van der Waals surface area contributed by atoms with Crippen LogP contribution in [0, 0.1) is 6.92 Å². The first kappa shape index (κ1) is 18.9. The van der Waals surface area contributed by atoms with Gasteiger partial charge in [0.2, 0.25) is 5.88 Å². The van der Waals surface area contributed by atoms with Crippen molar-refractivity contribution in [3.8, 4) is 11.6 Å². The van der Waals surface area contributed by atoms with Gasteiger partial charge in [-0.05, 0) is 54.2 Å². The number of fused-ring (bicyclic) bond motifs is 1. The van der Waals surface area contributed by atoms with Crippen LogP contribution in [-0.2, 0) is 19.3 Å². The summed E-state index contributed by atoms with van der Waals surface area (Å²) in [4.78, 5) is 16.6. The SMILES string of the molecule is COc1ccc(CCc2ncc(Cc3c[nH]c4ncc(C)cc34)cc2OC)cn1. The fraction of sp³-hybridized carbons (Fsp3) is 0.261. The minimum Gasteiger partial charge on any atom is -0.495 e. The van der Waals surface area contributed by atoms with E-state index in [1.165, 1.54) is 5.56 Å². The van der Waals surface area contributed by atoms with E-state index in [1.54, 1.807) is 14.2 Å². The van der Waals surface area contributed by atoms with Crippen LogP contribution in [-0.4, -0.2) is 34.2 Å². The van der Waals surface area contributed by atoms with Gasteiger partial charge in [0.15, 0.2) is 0 Å². The number of methoxy groups -OCH3 is 2. The largest absolute Gasteiger partial charge is 0.495 e. The first-order valence-electron chi connectivity index (χ1n) is 9.59. The van der Waals surface area contributed by atoms with Crippen molar-refractivity contribution in [2.75, 3.05) is 14.2 Å². The number of aromatic amines is 1. The number of hydrogen-bond donors (Lipinski definition) is 1. The number of aryl methyl sites for hydroxylation is 3. The Hall–Kier alpha value is -3.41. The van der Waals surface area contributed by atoms with Gasteiger partial charge < -0.3 is 14.5 Å². The Bertz CT molecular complexity index is 1120. The van der Waals surface area contributed by atoms with Crippen LogP contribution in [0.2, 0.25) is 0 Å². The molecule has 0 radical (unpaired) electrons. The zero-order chi connectivity index (χ0) is 20.2. The van der Waals surface area contributed by atoms with Crippen molar-refractivity contribution in [1.82, 2.24) is 19.9 Å². The number of nitrogens with zero attached hydrogens (tertiary/aromatic N) is 3. The Labute approximate surface area is 170 Å². The monoisotopic (exact) mass is 388 g/mol. The molecule has 0 bridgehead atoms. The highest BCUT2D eigenvalue weighted by Gasteiger charge is 2.10. The summed E-state index contributed by atoms with van der Waals surface area (Å²) in [6.45, 7) is 2.06. The molecule has 0 saturated carbocycles. The molecule has 4 aromatic heterocycles. The van der Waals surface area contributed by atoms with Crippen molar-refractivity contribution in [3.63, 3.8) is 0 Å². The van der Waals surface area contributed by atoms with E-state index in [4.69, 9.17) is 9.47 Å². The number of rotatable bonds is 7. The molecule has 4 heterocycles. The van der Waals surface area contributed by atoms with Gasteiger partial charge in [-0.25, -0.2) is 9.97 Å². The van der Waals surface area contributed by atoms with E-state index in [9.17, 15) is 0 Å². The van der Waals surface area contributed by atoms with Gasteiger partial charge in [0.05, 0.1) is 19.9 Å².